The molecule has 1 fully saturated rings. The molecule has 1 aliphatic heterocycles. The predicted molar refractivity (Wildman–Crippen MR) is 117 cm³/mol. The molecule has 0 radical (unpaired) electrons. The van der Waals surface area contributed by atoms with Gasteiger partial charge in [-0.2, -0.15) is 10.4 Å². The number of carbonyl (C=O) groups is 1. The van der Waals surface area contributed by atoms with Gasteiger partial charge >= 0.3 is 6.09 Å². The molecule has 1 aliphatic rings. The Labute approximate surface area is 185 Å². The van der Waals surface area contributed by atoms with E-state index in [1.807, 2.05) is 36.9 Å². The van der Waals surface area contributed by atoms with E-state index in [2.05, 4.69) is 21.3 Å². The summed E-state index contributed by atoms with van der Waals surface area (Å²) in [7, 11) is 0. The number of aromatic nitrogens is 3. The Morgan fingerprint density at radius 3 is 2.88 bits per heavy atom. The Hall–Kier alpha value is -3.77. The molecule has 2 aromatic heterocycles. The lowest BCUT2D eigenvalue weighted by Crippen LogP contribution is -2.39. The number of halogens is 1. The topological polar surface area (TPSA) is 98.1 Å². The Balaban J connectivity index is 1.54. The standard InChI is InChI=1S/C23H23FN6O2/c1-15(2)29(10-8-25)13-17-14-30(23(31)32-17)16-6-7-18(20(24)11-16)22-19(12-27-28-22)21-5-3-4-9-26-21/h3-7,9,11-12,15,17H,10,13-14H2,1-2H3,(H,27,28). The second kappa shape index (κ2) is 9.16. The van der Waals surface area contributed by atoms with Crippen LogP contribution in [0.1, 0.15) is 13.8 Å². The number of nitrogens with one attached hydrogen (secondary N) is 1. The fourth-order valence-electron chi connectivity index (χ4n) is 3.72. The zero-order chi connectivity index (χ0) is 22.7. The fraction of sp³-hybridized carbons (Fsp3) is 0.304. The van der Waals surface area contributed by atoms with E-state index >= 15 is 4.39 Å². The van der Waals surface area contributed by atoms with Gasteiger partial charge in [-0.05, 0) is 44.2 Å². The molecule has 3 aromatic rings. The summed E-state index contributed by atoms with van der Waals surface area (Å²) in [6.45, 7) is 4.94. The van der Waals surface area contributed by atoms with Gasteiger partial charge in [0.05, 0.1) is 42.4 Å². The molecule has 3 heterocycles. The number of amides is 1. The van der Waals surface area contributed by atoms with E-state index in [9.17, 15) is 4.79 Å². The average molecular weight is 434 g/mol. The molecular formula is C23H23FN6O2. The predicted octanol–water partition coefficient (Wildman–Crippen LogP) is 3.84. The quantitative estimate of drug-likeness (QED) is 0.568. The lowest BCUT2D eigenvalue weighted by Gasteiger charge is -2.25. The van der Waals surface area contributed by atoms with E-state index < -0.39 is 18.0 Å². The highest BCUT2D eigenvalue weighted by Crippen LogP contribution is 2.33. The van der Waals surface area contributed by atoms with Crippen molar-refractivity contribution in [3.8, 4) is 28.6 Å². The summed E-state index contributed by atoms with van der Waals surface area (Å²) in [6, 6.07) is 12.4. The van der Waals surface area contributed by atoms with E-state index in [1.54, 1.807) is 24.5 Å². The molecule has 0 bridgehead atoms. The third kappa shape index (κ3) is 4.31. The molecule has 1 saturated heterocycles. The van der Waals surface area contributed by atoms with Gasteiger partial charge in [0.25, 0.3) is 0 Å². The molecule has 0 spiro atoms. The summed E-state index contributed by atoms with van der Waals surface area (Å²) in [5, 5.41) is 15.9. The first-order valence-electron chi connectivity index (χ1n) is 10.3. The van der Waals surface area contributed by atoms with E-state index in [-0.39, 0.29) is 19.1 Å². The summed E-state index contributed by atoms with van der Waals surface area (Å²) in [4.78, 5) is 20.1. The number of nitrogens with zero attached hydrogens (tertiary/aromatic N) is 5. The van der Waals surface area contributed by atoms with Gasteiger partial charge in [-0.15, -0.1) is 0 Å². The molecule has 8 nitrogen and oxygen atoms in total. The Morgan fingerprint density at radius 2 is 2.19 bits per heavy atom. The van der Waals surface area contributed by atoms with E-state index in [0.29, 0.717) is 34.7 Å². The lowest BCUT2D eigenvalue weighted by molar-refractivity contribution is 0.103. The van der Waals surface area contributed by atoms with Crippen LogP contribution in [-0.2, 0) is 4.74 Å². The molecule has 4 rings (SSSR count). The van der Waals surface area contributed by atoms with Crippen molar-refractivity contribution in [3.63, 3.8) is 0 Å². The van der Waals surface area contributed by atoms with Gasteiger partial charge in [-0.1, -0.05) is 6.07 Å². The highest BCUT2D eigenvalue weighted by Gasteiger charge is 2.34. The van der Waals surface area contributed by atoms with Crippen molar-refractivity contribution in [2.75, 3.05) is 24.5 Å². The third-order valence-corrected chi connectivity index (χ3v) is 5.43. The minimum absolute atomic E-state index is 0.141. The minimum atomic E-state index is -0.529. The number of ether oxygens (including phenoxy) is 1. The monoisotopic (exact) mass is 434 g/mol. The van der Waals surface area contributed by atoms with Gasteiger partial charge in [0.2, 0.25) is 0 Å². The number of aromatic amines is 1. The lowest BCUT2D eigenvalue weighted by atomic mass is 10.0. The third-order valence-electron chi connectivity index (χ3n) is 5.43. The van der Waals surface area contributed by atoms with Crippen LogP contribution in [0, 0.1) is 17.1 Å². The van der Waals surface area contributed by atoms with Crippen LogP contribution in [-0.4, -0.2) is 58.0 Å². The Morgan fingerprint density at radius 1 is 1.34 bits per heavy atom. The second-order valence-electron chi connectivity index (χ2n) is 7.84. The fourth-order valence-corrected chi connectivity index (χ4v) is 3.72. The van der Waals surface area contributed by atoms with Gasteiger partial charge in [0, 0.05) is 29.9 Å². The zero-order valence-corrected chi connectivity index (χ0v) is 17.8. The van der Waals surface area contributed by atoms with Gasteiger partial charge < -0.3 is 4.74 Å². The number of hydrogen-bond donors (Lipinski definition) is 1. The molecule has 1 N–H and O–H groups in total. The van der Waals surface area contributed by atoms with Crippen LogP contribution in [0.15, 0.2) is 48.8 Å². The van der Waals surface area contributed by atoms with Crippen LogP contribution in [0.4, 0.5) is 14.9 Å². The normalized spacial score (nSPS) is 15.9. The van der Waals surface area contributed by atoms with Gasteiger partial charge in [-0.25, -0.2) is 9.18 Å². The molecular weight excluding hydrogens is 411 g/mol. The molecule has 1 atom stereocenters. The number of H-pyrrole nitrogens is 1. The van der Waals surface area contributed by atoms with Crippen LogP contribution in [0.3, 0.4) is 0 Å². The van der Waals surface area contributed by atoms with E-state index in [4.69, 9.17) is 10.00 Å². The number of nitriles is 1. The highest BCUT2D eigenvalue weighted by atomic mass is 19.1. The molecule has 164 valence electrons. The molecule has 1 unspecified atom stereocenters. The maximum absolute atomic E-state index is 15.1. The van der Waals surface area contributed by atoms with Crippen molar-refractivity contribution in [1.82, 2.24) is 20.1 Å². The van der Waals surface area contributed by atoms with Crippen LogP contribution >= 0.6 is 0 Å². The molecule has 1 amide bonds. The smallest absolute Gasteiger partial charge is 0.414 e. The first-order chi connectivity index (χ1) is 15.5. The largest absolute Gasteiger partial charge is 0.443 e. The van der Waals surface area contributed by atoms with Crippen molar-refractivity contribution in [2.45, 2.75) is 26.0 Å². The average Bonchev–Trinajstić information content (AvgIpc) is 3.40. The van der Waals surface area contributed by atoms with Gasteiger partial charge in [-0.3, -0.25) is 19.9 Å². The van der Waals surface area contributed by atoms with Crippen LogP contribution < -0.4 is 4.90 Å². The number of pyridine rings is 1. The molecule has 0 saturated carbocycles. The summed E-state index contributed by atoms with van der Waals surface area (Å²) in [5.41, 5.74) is 2.62. The van der Waals surface area contributed by atoms with Crippen molar-refractivity contribution >= 4 is 11.8 Å². The van der Waals surface area contributed by atoms with E-state index in [1.165, 1.54) is 11.0 Å². The first-order valence-corrected chi connectivity index (χ1v) is 10.3. The number of benzene rings is 1. The van der Waals surface area contributed by atoms with Crippen molar-refractivity contribution in [2.24, 2.45) is 0 Å². The number of anilines is 1. The first kappa shape index (κ1) is 21.5. The zero-order valence-electron chi connectivity index (χ0n) is 17.8. The van der Waals surface area contributed by atoms with Crippen molar-refractivity contribution < 1.29 is 13.9 Å². The molecule has 1 aromatic carbocycles. The number of hydrogen-bond acceptors (Lipinski definition) is 6. The Bertz CT molecular complexity index is 1140. The van der Waals surface area contributed by atoms with Crippen molar-refractivity contribution in [1.29, 1.82) is 5.26 Å². The number of rotatable bonds is 7. The number of carbonyl (C=O) groups excluding carboxylic acids is 1. The van der Waals surface area contributed by atoms with Crippen LogP contribution in [0.25, 0.3) is 22.5 Å². The van der Waals surface area contributed by atoms with Gasteiger partial charge in [0.1, 0.15) is 11.9 Å². The summed E-state index contributed by atoms with van der Waals surface area (Å²) in [6.07, 6.45) is 2.34. The molecule has 0 aliphatic carbocycles. The minimum Gasteiger partial charge on any atom is -0.443 e. The second-order valence-corrected chi connectivity index (χ2v) is 7.84. The van der Waals surface area contributed by atoms with E-state index in [0.717, 1.165) is 0 Å². The molecule has 9 heteroatoms. The Kier molecular flexibility index (Phi) is 6.14. The highest BCUT2D eigenvalue weighted by molar-refractivity contribution is 5.90. The molecule has 32 heavy (non-hydrogen) atoms. The number of cyclic esters (lactones) is 1. The van der Waals surface area contributed by atoms with Crippen LogP contribution in [0.5, 0.6) is 0 Å². The summed E-state index contributed by atoms with van der Waals surface area (Å²) < 4.78 is 20.6. The SMILES string of the molecule is CC(C)N(CC#N)CC1CN(c2ccc(-c3[nH]ncc3-c3ccccn3)c(F)c2)C(=O)O1. The summed E-state index contributed by atoms with van der Waals surface area (Å²) >= 11 is 0. The maximum Gasteiger partial charge on any atom is 0.414 e. The maximum atomic E-state index is 15.1. The van der Waals surface area contributed by atoms with Crippen LogP contribution in [0.2, 0.25) is 0 Å². The van der Waals surface area contributed by atoms with Crippen molar-refractivity contribution in [3.05, 3.63) is 54.6 Å². The van der Waals surface area contributed by atoms with Gasteiger partial charge in [0.15, 0.2) is 0 Å². The summed E-state index contributed by atoms with van der Waals surface area (Å²) in [5.74, 6) is -0.492.